The SMILES string of the molecule is CCCN=C(NCCn1cnnc1CC)N(C)Cc1ccccc1Br.I. The third kappa shape index (κ3) is 6.86. The predicted octanol–water partition coefficient (Wildman–Crippen LogP) is 3.71. The minimum absolute atomic E-state index is 0. The molecule has 1 aromatic carbocycles. The average molecular weight is 535 g/mol. The summed E-state index contributed by atoms with van der Waals surface area (Å²) in [7, 11) is 2.07. The number of aromatic nitrogens is 3. The summed E-state index contributed by atoms with van der Waals surface area (Å²) in [5.74, 6) is 1.93. The van der Waals surface area contributed by atoms with Crippen molar-refractivity contribution in [2.24, 2.45) is 4.99 Å². The Kier molecular flexibility index (Phi) is 10.8. The zero-order valence-corrected chi connectivity index (χ0v) is 19.6. The van der Waals surface area contributed by atoms with Crippen molar-refractivity contribution >= 4 is 45.9 Å². The first-order valence-corrected chi connectivity index (χ1v) is 9.54. The molecule has 0 atom stereocenters. The van der Waals surface area contributed by atoms with Gasteiger partial charge in [0.2, 0.25) is 0 Å². The van der Waals surface area contributed by atoms with Crippen molar-refractivity contribution in [3.8, 4) is 0 Å². The van der Waals surface area contributed by atoms with Gasteiger partial charge < -0.3 is 14.8 Å². The van der Waals surface area contributed by atoms with Gasteiger partial charge in [0.15, 0.2) is 5.96 Å². The van der Waals surface area contributed by atoms with E-state index in [-0.39, 0.29) is 24.0 Å². The molecule has 2 rings (SSSR count). The number of aryl methyl sites for hydroxylation is 1. The Hall–Kier alpha value is -1.16. The Labute approximate surface area is 181 Å². The minimum Gasteiger partial charge on any atom is -0.354 e. The number of rotatable bonds is 8. The van der Waals surface area contributed by atoms with Crippen molar-refractivity contribution in [1.82, 2.24) is 25.0 Å². The van der Waals surface area contributed by atoms with Crippen LogP contribution in [0.1, 0.15) is 31.7 Å². The molecule has 0 aliphatic heterocycles. The summed E-state index contributed by atoms with van der Waals surface area (Å²) in [4.78, 5) is 6.86. The lowest BCUT2D eigenvalue weighted by Gasteiger charge is -2.23. The first-order valence-electron chi connectivity index (χ1n) is 8.75. The maximum Gasteiger partial charge on any atom is 0.194 e. The smallest absolute Gasteiger partial charge is 0.194 e. The summed E-state index contributed by atoms with van der Waals surface area (Å²) in [6, 6.07) is 8.28. The lowest BCUT2D eigenvalue weighted by atomic mass is 10.2. The van der Waals surface area contributed by atoms with Gasteiger partial charge in [-0.2, -0.15) is 0 Å². The molecule has 0 saturated carbocycles. The molecule has 2 aromatic rings. The maximum absolute atomic E-state index is 4.71. The Morgan fingerprint density at radius 3 is 2.77 bits per heavy atom. The number of hydrogen-bond acceptors (Lipinski definition) is 3. The molecule has 0 amide bonds. The van der Waals surface area contributed by atoms with E-state index in [0.717, 1.165) is 55.3 Å². The number of halogens is 2. The number of benzene rings is 1. The van der Waals surface area contributed by atoms with Gasteiger partial charge in [-0.25, -0.2) is 0 Å². The molecular weight excluding hydrogens is 507 g/mol. The molecule has 0 spiro atoms. The maximum atomic E-state index is 4.71. The fraction of sp³-hybridized carbons (Fsp3) is 0.500. The first-order chi connectivity index (χ1) is 12.2. The molecule has 0 radical (unpaired) electrons. The number of guanidine groups is 1. The predicted molar refractivity (Wildman–Crippen MR) is 121 cm³/mol. The monoisotopic (exact) mass is 534 g/mol. The highest BCUT2D eigenvalue weighted by molar-refractivity contribution is 14.0. The van der Waals surface area contributed by atoms with Crippen LogP contribution < -0.4 is 5.32 Å². The molecule has 0 bridgehead atoms. The highest BCUT2D eigenvalue weighted by atomic mass is 127. The van der Waals surface area contributed by atoms with E-state index < -0.39 is 0 Å². The molecular formula is C18H28BrIN6. The second kappa shape index (κ2) is 12.3. The summed E-state index contributed by atoms with van der Waals surface area (Å²) < 4.78 is 3.20. The van der Waals surface area contributed by atoms with E-state index >= 15 is 0 Å². The summed E-state index contributed by atoms with van der Waals surface area (Å²) >= 11 is 3.62. The Bertz CT molecular complexity index is 688. The lowest BCUT2D eigenvalue weighted by molar-refractivity contribution is 0.469. The molecule has 1 heterocycles. The fourth-order valence-corrected chi connectivity index (χ4v) is 2.92. The van der Waals surface area contributed by atoms with Crippen LogP contribution in [0.25, 0.3) is 0 Å². The van der Waals surface area contributed by atoms with Crippen LogP contribution in [-0.4, -0.2) is 45.8 Å². The van der Waals surface area contributed by atoms with Crippen LogP contribution in [0.3, 0.4) is 0 Å². The fourth-order valence-electron chi connectivity index (χ4n) is 2.51. The summed E-state index contributed by atoms with van der Waals surface area (Å²) in [5, 5.41) is 11.6. The van der Waals surface area contributed by atoms with Gasteiger partial charge in [0.25, 0.3) is 0 Å². The van der Waals surface area contributed by atoms with Gasteiger partial charge in [-0.05, 0) is 18.1 Å². The second-order valence-corrected chi connectivity index (χ2v) is 6.73. The zero-order chi connectivity index (χ0) is 18.1. The van der Waals surface area contributed by atoms with Gasteiger partial charge in [0.05, 0.1) is 0 Å². The van der Waals surface area contributed by atoms with Crippen LogP contribution in [0, 0.1) is 0 Å². The number of nitrogens with zero attached hydrogens (tertiary/aromatic N) is 5. The largest absolute Gasteiger partial charge is 0.354 e. The Morgan fingerprint density at radius 2 is 2.08 bits per heavy atom. The number of aliphatic imine (C=N–C) groups is 1. The Balaban J connectivity index is 0.00000338. The molecule has 144 valence electrons. The van der Waals surface area contributed by atoms with E-state index in [4.69, 9.17) is 4.99 Å². The molecule has 8 heteroatoms. The molecule has 1 N–H and O–H groups in total. The number of nitrogens with one attached hydrogen (secondary N) is 1. The average Bonchev–Trinajstić information content (AvgIpc) is 3.07. The quantitative estimate of drug-likeness (QED) is 0.318. The molecule has 0 fully saturated rings. The van der Waals surface area contributed by atoms with E-state index in [2.05, 4.69) is 80.0 Å². The highest BCUT2D eigenvalue weighted by Crippen LogP contribution is 2.17. The van der Waals surface area contributed by atoms with Crippen molar-refractivity contribution in [2.45, 2.75) is 39.8 Å². The van der Waals surface area contributed by atoms with Crippen LogP contribution in [-0.2, 0) is 19.5 Å². The standard InChI is InChI=1S/C18H27BrN6.HI/c1-4-10-20-18(21-11-12-25-14-22-23-17(25)5-2)24(3)13-15-8-6-7-9-16(15)19;/h6-9,14H,4-5,10-13H2,1-3H3,(H,20,21);1H. The molecule has 0 aliphatic carbocycles. The van der Waals surface area contributed by atoms with E-state index in [0.29, 0.717) is 0 Å². The lowest BCUT2D eigenvalue weighted by Crippen LogP contribution is -2.40. The van der Waals surface area contributed by atoms with Crippen molar-refractivity contribution in [1.29, 1.82) is 0 Å². The molecule has 0 unspecified atom stereocenters. The Morgan fingerprint density at radius 1 is 1.31 bits per heavy atom. The van der Waals surface area contributed by atoms with Crippen LogP contribution in [0.2, 0.25) is 0 Å². The van der Waals surface area contributed by atoms with Crippen LogP contribution in [0.4, 0.5) is 0 Å². The van der Waals surface area contributed by atoms with Crippen LogP contribution in [0.15, 0.2) is 40.1 Å². The normalized spacial score (nSPS) is 11.2. The van der Waals surface area contributed by atoms with E-state index in [1.165, 1.54) is 5.56 Å². The molecule has 1 aromatic heterocycles. The van der Waals surface area contributed by atoms with Gasteiger partial charge >= 0.3 is 0 Å². The molecule has 26 heavy (non-hydrogen) atoms. The molecule has 0 saturated heterocycles. The van der Waals surface area contributed by atoms with Crippen molar-refractivity contribution in [2.75, 3.05) is 20.1 Å². The van der Waals surface area contributed by atoms with Crippen molar-refractivity contribution in [3.63, 3.8) is 0 Å². The zero-order valence-electron chi connectivity index (χ0n) is 15.7. The van der Waals surface area contributed by atoms with E-state index in [1.807, 2.05) is 6.07 Å². The van der Waals surface area contributed by atoms with Gasteiger partial charge in [-0.15, -0.1) is 34.2 Å². The summed E-state index contributed by atoms with van der Waals surface area (Å²) in [6.07, 6.45) is 3.70. The van der Waals surface area contributed by atoms with Gasteiger partial charge in [0.1, 0.15) is 12.2 Å². The van der Waals surface area contributed by atoms with E-state index in [9.17, 15) is 0 Å². The van der Waals surface area contributed by atoms with Gasteiger partial charge in [-0.3, -0.25) is 4.99 Å². The summed E-state index contributed by atoms with van der Waals surface area (Å²) in [6.45, 7) is 7.45. The van der Waals surface area contributed by atoms with Gasteiger partial charge in [-0.1, -0.05) is 48.0 Å². The highest BCUT2D eigenvalue weighted by Gasteiger charge is 2.09. The molecule has 6 nitrogen and oxygen atoms in total. The van der Waals surface area contributed by atoms with Gasteiger partial charge in [0, 0.05) is 44.1 Å². The first kappa shape index (κ1) is 22.9. The van der Waals surface area contributed by atoms with E-state index in [1.54, 1.807) is 6.33 Å². The van der Waals surface area contributed by atoms with Crippen molar-refractivity contribution < 1.29 is 0 Å². The third-order valence-electron chi connectivity index (χ3n) is 3.86. The number of hydrogen-bond donors (Lipinski definition) is 1. The van der Waals surface area contributed by atoms with Crippen LogP contribution >= 0.6 is 39.9 Å². The summed E-state index contributed by atoms with van der Waals surface area (Å²) in [5.41, 5.74) is 1.24. The van der Waals surface area contributed by atoms with Crippen LogP contribution in [0.5, 0.6) is 0 Å². The molecule has 0 aliphatic rings. The third-order valence-corrected chi connectivity index (χ3v) is 4.63. The second-order valence-electron chi connectivity index (χ2n) is 5.87. The topological polar surface area (TPSA) is 58.3 Å². The minimum atomic E-state index is 0. The van der Waals surface area contributed by atoms with Crippen molar-refractivity contribution in [3.05, 3.63) is 46.5 Å².